The molecule has 4 nitrogen and oxygen atoms in total. The fourth-order valence-corrected chi connectivity index (χ4v) is 3.31. The highest BCUT2D eigenvalue weighted by Gasteiger charge is 2.24. The highest BCUT2D eigenvalue weighted by molar-refractivity contribution is 8.00. The van der Waals surface area contributed by atoms with Gasteiger partial charge in [0.15, 0.2) is 0 Å². The van der Waals surface area contributed by atoms with Crippen LogP contribution in [0.3, 0.4) is 0 Å². The molecule has 0 aliphatic heterocycles. The van der Waals surface area contributed by atoms with Crippen LogP contribution in [0.2, 0.25) is 0 Å². The number of anilines is 1. The number of carbonyl (C=O) groups is 2. The van der Waals surface area contributed by atoms with E-state index in [0.29, 0.717) is 23.5 Å². The Hall–Kier alpha value is -1.49. The molecule has 5 heteroatoms. The number of hydrogen-bond donors (Lipinski definition) is 2. The average molecular weight is 320 g/mol. The quantitative estimate of drug-likeness (QED) is 0.847. The SMILES string of the molecule is Cc1ccc(NC(=O)CSCC(=O)N[C@H]2CCC[C@H]2C)cc1. The number of nitrogens with one attached hydrogen (secondary N) is 2. The Bertz CT molecular complexity index is 516. The van der Waals surface area contributed by atoms with E-state index in [1.54, 1.807) is 0 Å². The largest absolute Gasteiger partial charge is 0.352 e. The lowest BCUT2D eigenvalue weighted by Gasteiger charge is -2.16. The van der Waals surface area contributed by atoms with Crippen molar-refractivity contribution in [1.82, 2.24) is 5.32 Å². The van der Waals surface area contributed by atoms with Gasteiger partial charge in [-0.3, -0.25) is 9.59 Å². The molecule has 2 atom stereocenters. The van der Waals surface area contributed by atoms with Gasteiger partial charge in [0.25, 0.3) is 0 Å². The van der Waals surface area contributed by atoms with Crippen molar-refractivity contribution in [2.75, 3.05) is 16.8 Å². The Kier molecular flexibility index (Phi) is 6.31. The monoisotopic (exact) mass is 320 g/mol. The predicted octanol–water partition coefficient (Wildman–Crippen LogP) is 2.97. The maximum atomic E-state index is 11.9. The second-order valence-electron chi connectivity index (χ2n) is 5.99. The van der Waals surface area contributed by atoms with Gasteiger partial charge in [-0.15, -0.1) is 11.8 Å². The molecular formula is C17H24N2O2S. The van der Waals surface area contributed by atoms with E-state index in [9.17, 15) is 9.59 Å². The number of carbonyl (C=O) groups excluding carboxylic acids is 2. The molecular weight excluding hydrogens is 296 g/mol. The maximum absolute atomic E-state index is 11.9. The second-order valence-corrected chi connectivity index (χ2v) is 6.97. The number of rotatable bonds is 6. The first-order valence-electron chi connectivity index (χ1n) is 7.78. The van der Waals surface area contributed by atoms with Crippen LogP contribution in [-0.4, -0.2) is 29.4 Å². The molecule has 1 aliphatic carbocycles. The Balaban J connectivity index is 1.64. The van der Waals surface area contributed by atoms with E-state index in [0.717, 1.165) is 17.7 Å². The van der Waals surface area contributed by atoms with Crippen LogP contribution in [0.25, 0.3) is 0 Å². The lowest BCUT2D eigenvalue weighted by Crippen LogP contribution is -2.37. The third kappa shape index (κ3) is 5.37. The fourth-order valence-electron chi connectivity index (χ4n) is 2.68. The summed E-state index contributed by atoms with van der Waals surface area (Å²) >= 11 is 1.35. The second kappa shape index (κ2) is 8.22. The molecule has 2 rings (SSSR count). The van der Waals surface area contributed by atoms with E-state index < -0.39 is 0 Å². The number of thioether (sulfide) groups is 1. The molecule has 22 heavy (non-hydrogen) atoms. The van der Waals surface area contributed by atoms with Crippen molar-refractivity contribution >= 4 is 29.3 Å². The van der Waals surface area contributed by atoms with E-state index in [2.05, 4.69) is 17.6 Å². The minimum absolute atomic E-state index is 0.0342. The van der Waals surface area contributed by atoms with Gasteiger partial charge in [-0.05, 0) is 37.8 Å². The van der Waals surface area contributed by atoms with Gasteiger partial charge in [-0.1, -0.05) is 31.0 Å². The first kappa shape index (κ1) is 16.9. The number of benzene rings is 1. The summed E-state index contributed by atoms with van der Waals surface area (Å²) in [6.45, 7) is 4.19. The van der Waals surface area contributed by atoms with E-state index in [4.69, 9.17) is 0 Å². The molecule has 0 spiro atoms. The normalized spacial score (nSPS) is 20.6. The van der Waals surface area contributed by atoms with Crippen molar-refractivity contribution in [1.29, 1.82) is 0 Å². The van der Waals surface area contributed by atoms with Gasteiger partial charge in [-0.25, -0.2) is 0 Å². The topological polar surface area (TPSA) is 58.2 Å². The minimum atomic E-state index is -0.0733. The van der Waals surface area contributed by atoms with Gasteiger partial charge in [0, 0.05) is 11.7 Å². The minimum Gasteiger partial charge on any atom is -0.352 e. The number of hydrogen-bond acceptors (Lipinski definition) is 3. The van der Waals surface area contributed by atoms with Gasteiger partial charge in [0.2, 0.25) is 11.8 Å². The molecule has 1 aliphatic rings. The first-order valence-corrected chi connectivity index (χ1v) is 8.93. The molecule has 0 bridgehead atoms. The Morgan fingerprint density at radius 2 is 1.82 bits per heavy atom. The molecule has 1 aromatic rings. The predicted molar refractivity (Wildman–Crippen MR) is 92.1 cm³/mol. The third-order valence-corrected chi connectivity index (χ3v) is 4.94. The molecule has 1 fully saturated rings. The molecule has 1 aromatic carbocycles. The zero-order valence-electron chi connectivity index (χ0n) is 13.2. The highest BCUT2D eigenvalue weighted by atomic mass is 32.2. The zero-order chi connectivity index (χ0) is 15.9. The van der Waals surface area contributed by atoms with Gasteiger partial charge >= 0.3 is 0 Å². The lowest BCUT2D eigenvalue weighted by atomic mass is 10.1. The van der Waals surface area contributed by atoms with Crippen molar-refractivity contribution < 1.29 is 9.59 Å². The fraction of sp³-hybridized carbons (Fsp3) is 0.529. The number of aryl methyl sites for hydroxylation is 1. The Morgan fingerprint density at radius 1 is 1.14 bits per heavy atom. The molecule has 2 N–H and O–H groups in total. The van der Waals surface area contributed by atoms with Crippen LogP contribution in [-0.2, 0) is 9.59 Å². The molecule has 1 saturated carbocycles. The van der Waals surface area contributed by atoms with Crippen molar-refractivity contribution in [2.45, 2.75) is 39.2 Å². The van der Waals surface area contributed by atoms with Crippen molar-refractivity contribution in [3.63, 3.8) is 0 Å². The average Bonchev–Trinajstić information content (AvgIpc) is 2.87. The lowest BCUT2D eigenvalue weighted by molar-refractivity contribution is -0.119. The van der Waals surface area contributed by atoms with Gasteiger partial charge in [0.05, 0.1) is 11.5 Å². The standard InChI is InChI=1S/C17H24N2O2S/c1-12-6-8-14(9-7-12)18-16(20)10-22-11-17(21)19-15-5-3-4-13(15)2/h6-9,13,15H,3-5,10-11H2,1-2H3,(H,18,20)(H,19,21)/t13-,15+/m1/s1. The summed E-state index contributed by atoms with van der Waals surface area (Å²) in [7, 11) is 0. The first-order chi connectivity index (χ1) is 10.5. The van der Waals surface area contributed by atoms with Crippen LogP contribution in [0.5, 0.6) is 0 Å². The zero-order valence-corrected chi connectivity index (χ0v) is 14.0. The molecule has 120 valence electrons. The molecule has 0 aromatic heterocycles. The number of amides is 2. The molecule has 0 unspecified atom stereocenters. The van der Waals surface area contributed by atoms with Crippen LogP contribution in [0, 0.1) is 12.8 Å². The van der Waals surface area contributed by atoms with Gasteiger partial charge < -0.3 is 10.6 Å². The summed E-state index contributed by atoms with van der Waals surface area (Å²) in [6.07, 6.45) is 3.46. The van der Waals surface area contributed by atoms with Crippen LogP contribution >= 0.6 is 11.8 Å². The smallest absolute Gasteiger partial charge is 0.234 e. The summed E-state index contributed by atoms with van der Waals surface area (Å²) in [5.41, 5.74) is 1.95. The van der Waals surface area contributed by atoms with Crippen molar-refractivity contribution in [2.24, 2.45) is 5.92 Å². The summed E-state index contributed by atoms with van der Waals surface area (Å²) in [5, 5.41) is 5.90. The summed E-state index contributed by atoms with van der Waals surface area (Å²) in [6, 6.07) is 7.99. The van der Waals surface area contributed by atoms with Crippen LogP contribution in [0.1, 0.15) is 31.7 Å². The van der Waals surface area contributed by atoms with Crippen molar-refractivity contribution in [3.05, 3.63) is 29.8 Å². The Morgan fingerprint density at radius 3 is 2.45 bits per heavy atom. The van der Waals surface area contributed by atoms with E-state index in [1.807, 2.05) is 31.2 Å². The van der Waals surface area contributed by atoms with Crippen LogP contribution in [0.4, 0.5) is 5.69 Å². The van der Waals surface area contributed by atoms with Gasteiger partial charge in [-0.2, -0.15) is 0 Å². The van der Waals surface area contributed by atoms with Crippen LogP contribution < -0.4 is 10.6 Å². The van der Waals surface area contributed by atoms with Crippen molar-refractivity contribution in [3.8, 4) is 0 Å². The molecule has 0 heterocycles. The van der Waals surface area contributed by atoms with E-state index in [1.165, 1.54) is 24.6 Å². The summed E-state index contributed by atoms with van der Waals surface area (Å²) in [5.74, 6) is 1.16. The van der Waals surface area contributed by atoms with E-state index in [-0.39, 0.29) is 11.8 Å². The molecule has 0 saturated heterocycles. The maximum Gasteiger partial charge on any atom is 0.234 e. The van der Waals surface area contributed by atoms with Gasteiger partial charge in [0.1, 0.15) is 0 Å². The molecule has 2 amide bonds. The van der Waals surface area contributed by atoms with E-state index >= 15 is 0 Å². The highest BCUT2D eigenvalue weighted by Crippen LogP contribution is 2.24. The van der Waals surface area contributed by atoms with Crippen LogP contribution in [0.15, 0.2) is 24.3 Å². The summed E-state index contributed by atoms with van der Waals surface area (Å²) in [4.78, 5) is 23.7. The summed E-state index contributed by atoms with van der Waals surface area (Å²) < 4.78 is 0. The Labute approximate surface area is 136 Å². The molecule has 0 radical (unpaired) electrons. The third-order valence-electron chi connectivity index (χ3n) is 4.01.